The first kappa shape index (κ1) is 17.2. The van der Waals surface area contributed by atoms with Gasteiger partial charge in [-0.3, -0.25) is 9.69 Å². The van der Waals surface area contributed by atoms with E-state index in [1.807, 2.05) is 24.3 Å². The molecule has 0 aliphatic carbocycles. The zero-order valence-electron chi connectivity index (χ0n) is 14.5. The van der Waals surface area contributed by atoms with Crippen molar-refractivity contribution in [3.63, 3.8) is 0 Å². The van der Waals surface area contributed by atoms with Gasteiger partial charge in [0.1, 0.15) is 12.4 Å². The lowest BCUT2D eigenvalue weighted by Gasteiger charge is -2.22. The second-order valence-corrected chi connectivity index (χ2v) is 6.61. The van der Waals surface area contributed by atoms with Gasteiger partial charge >= 0.3 is 0 Å². The molecule has 1 aromatic rings. The van der Waals surface area contributed by atoms with Crippen LogP contribution in [0.5, 0.6) is 5.75 Å². The molecule has 0 spiro atoms. The Kier molecular flexibility index (Phi) is 6.10. The molecule has 1 amide bonds. The predicted molar refractivity (Wildman–Crippen MR) is 93.5 cm³/mol. The third-order valence-corrected chi connectivity index (χ3v) is 4.98. The van der Waals surface area contributed by atoms with E-state index in [1.165, 1.54) is 12.8 Å². The molecule has 0 saturated carbocycles. The van der Waals surface area contributed by atoms with Crippen LogP contribution in [-0.2, 0) is 4.74 Å². The quantitative estimate of drug-likeness (QED) is 0.833. The summed E-state index contributed by atoms with van der Waals surface area (Å²) in [4.78, 5) is 14.7. The maximum absolute atomic E-state index is 12.3. The standard InChI is InChI=1S/C19H28N2O3/c1-2-21-11-3-5-16(21)13-20-19(22)15-7-9-17(10-8-15)24-14-18-6-4-12-23-18/h7-10,16,18H,2-6,11-14H2,1H3,(H,20,22). The van der Waals surface area contributed by atoms with Gasteiger partial charge in [0.05, 0.1) is 6.10 Å². The second-order valence-electron chi connectivity index (χ2n) is 6.61. The third-order valence-electron chi connectivity index (χ3n) is 4.98. The van der Waals surface area contributed by atoms with Gasteiger partial charge in [0.15, 0.2) is 0 Å². The van der Waals surface area contributed by atoms with E-state index in [0.717, 1.165) is 44.8 Å². The van der Waals surface area contributed by atoms with Gasteiger partial charge < -0.3 is 14.8 Å². The molecule has 2 heterocycles. The zero-order chi connectivity index (χ0) is 16.8. The summed E-state index contributed by atoms with van der Waals surface area (Å²) in [6, 6.07) is 7.85. The van der Waals surface area contributed by atoms with Crippen molar-refractivity contribution in [1.82, 2.24) is 10.2 Å². The van der Waals surface area contributed by atoms with E-state index in [4.69, 9.17) is 9.47 Å². The maximum atomic E-state index is 12.3. The van der Waals surface area contributed by atoms with Crippen molar-refractivity contribution in [1.29, 1.82) is 0 Å². The van der Waals surface area contributed by atoms with Crippen molar-refractivity contribution in [3.8, 4) is 5.75 Å². The number of hydrogen-bond donors (Lipinski definition) is 1. The molecule has 3 rings (SSSR count). The van der Waals surface area contributed by atoms with Crippen LogP contribution in [0, 0.1) is 0 Å². The Balaban J connectivity index is 1.44. The molecule has 1 N–H and O–H groups in total. The molecule has 1 aromatic carbocycles. The minimum absolute atomic E-state index is 0.0105. The fourth-order valence-electron chi connectivity index (χ4n) is 3.52. The number of ether oxygens (including phenoxy) is 2. The van der Waals surface area contributed by atoms with Crippen molar-refractivity contribution >= 4 is 5.91 Å². The van der Waals surface area contributed by atoms with Gasteiger partial charge in [-0.25, -0.2) is 0 Å². The van der Waals surface area contributed by atoms with E-state index in [9.17, 15) is 4.79 Å². The van der Waals surface area contributed by atoms with Gasteiger partial charge in [-0.05, 0) is 63.0 Å². The number of amides is 1. The average molecular weight is 332 g/mol. The second kappa shape index (κ2) is 8.49. The van der Waals surface area contributed by atoms with Crippen molar-refractivity contribution in [2.24, 2.45) is 0 Å². The molecule has 2 aliphatic heterocycles. The highest BCUT2D eigenvalue weighted by Gasteiger charge is 2.23. The molecule has 132 valence electrons. The Morgan fingerprint density at radius 2 is 2.12 bits per heavy atom. The number of likely N-dealkylation sites (N-methyl/N-ethyl adjacent to an activating group) is 1. The fourth-order valence-corrected chi connectivity index (χ4v) is 3.52. The topological polar surface area (TPSA) is 50.8 Å². The van der Waals surface area contributed by atoms with Gasteiger partial charge in [0, 0.05) is 24.8 Å². The molecule has 2 saturated heterocycles. The number of nitrogens with one attached hydrogen (secondary N) is 1. The van der Waals surface area contributed by atoms with Crippen LogP contribution in [0.25, 0.3) is 0 Å². The lowest BCUT2D eigenvalue weighted by atomic mass is 10.2. The van der Waals surface area contributed by atoms with E-state index in [0.29, 0.717) is 18.2 Å². The molecule has 2 atom stereocenters. The number of hydrogen-bond acceptors (Lipinski definition) is 4. The molecular formula is C19H28N2O3. The van der Waals surface area contributed by atoms with Gasteiger partial charge in [0.2, 0.25) is 0 Å². The molecule has 2 unspecified atom stereocenters. The Morgan fingerprint density at radius 1 is 1.29 bits per heavy atom. The van der Waals surface area contributed by atoms with E-state index in [1.54, 1.807) is 0 Å². The number of rotatable bonds is 7. The Bertz CT molecular complexity index is 526. The van der Waals surface area contributed by atoms with E-state index in [2.05, 4.69) is 17.1 Å². The van der Waals surface area contributed by atoms with E-state index in [-0.39, 0.29) is 12.0 Å². The third kappa shape index (κ3) is 4.48. The number of carbonyl (C=O) groups excluding carboxylic acids is 1. The number of carbonyl (C=O) groups is 1. The van der Waals surface area contributed by atoms with Crippen LogP contribution in [0.2, 0.25) is 0 Å². The summed E-state index contributed by atoms with van der Waals surface area (Å²) in [5, 5.41) is 3.06. The molecule has 2 fully saturated rings. The van der Waals surface area contributed by atoms with Crippen LogP contribution in [0.3, 0.4) is 0 Å². The van der Waals surface area contributed by atoms with E-state index >= 15 is 0 Å². The first-order valence-electron chi connectivity index (χ1n) is 9.13. The van der Waals surface area contributed by atoms with Crippen LogP contribution in [0.15, 0.2) is 24.3 Å². The summed E-state index contributed by atoms with van der Waals surface area (Å²) in [5.41, 5.74) is 0.681. The van der Waals surface area contributed by atoms with Crippen molar-refractivity contribution < 1.29 is 14.3 Å². The van der Waals surface area contributed by atoms with Gasteiger partial charge in [0.25, 0.3) is 5.91 Å². The molecule has 5 nitrogen and oxygen atoms in total. The molecule has 5 heteroatoms. The number of nitrogens with zero attached hydrogens (tertiary/aromatic N) is 1. The summed E-state index contributed by atoms with van der Waals surface area (Å²) < 4.78 is 11.3. The highest BCUT2D eigenvalue weighted by Crippen LogP contribution is 2.18. The van der Waals surface area contributed by atoms with Crippen molar-refractivity contribution in [2.75, 3.05) is 32.8 Å². The van der Waals surface area contributed by atoms with Crippen molar-refractivity contribution in [2.45, 2.75) is 44.8 Å². The Hall–Kier alpha value is -1.59. The normalized spacial score (nSPS) is 24.2. The summed E-state index contributed by atoms with van der Waals surface area (Å²) in [5.74, 6) is 0.777. The summed E-state index contributed by atoms with van der Waals surface area (Å²) >= 11 is 0. The Morgan fingerprint density at radius 3 is 2.83 bits per heavy atom. The van der Waals surface area contributed by atoms with Crippen LogP contribution >= 0.6 is 0 Å². The summed E-state index contributed by atoms with van der Waals surface area (Å²) in [7, 11) is 0. The molecule has 2 aliphatic rings. The SMILES string of the molecule is CCN1CCCC1CNC(=O)c1ccc(OCC2CCCO2)cc1. The molecule has 0 radical (unpaired) electrons. The fraction of sp³-hybridized carbons (Fsp3) is 0.632. The minimum Gasteiger partial charge on any atom is -0.491 e. The average Bonchev–Trinajstić information content (AvgIpc) is 3.29. The monoisotopic (exact) mass is 332 g/mol. The summed E-state index contributed by atoms with van der Waals surface area (Å²) in [6.07, 6.45) is 4.79. The molecular weight excluding hydrogens is 304 g/mol. The Labute approximate surface area is 144 Å². The first-order valence-corrected chi connectivity index (χ1v) is 9.13. The lowest BCUT2D eigenvalue weighted by molar-refractivity contribution is 0.0679. The van der Waals surface area contributed by atoms with Crippen LogP contribution in [0.1, 0.15) is 43.0 Å². The first-order chi connectivity index (χ1) is 11.8. The number of benzene rings is 1. The van der Waals surface area contributed by atoms with Gasteiger partial charge in [-0.15, -0.1) is 0 Å². The zero-order valence-corrected chi connectivity index (χ0v) is 14.5. The minimum atomic E-state index is -0.0105. The van der Waals surface area contributed by atoms with Gasteiger partial charge in [-0.2, -0.15) is 0 Å². The maximum Gasteiger partial charge on any atom is 0.251 e. The smallest absolute Gasteiger partial charge is 0.251 e. The highest BCUT2D eigenvalue weighted by molar-refractivity contribution is 5.94. The number of likely N-dealkylation sites (tertiary alicyclic amines) is 1. The van der Waals surface area contributed by atoms with E-state index < -0.39 is 0 Å². The van der Waals surface area contributed by atoms with Crippen LogP contribution < -0.4 is 10.1 Å². The lowest BCUT2D eigenvalue weighted by Crippen LogP contribution is -2.40. The predicted octanol–water partition coefficient (Wildman–Crippen LogP) is 2.46. The molecule has 24 heavy (non-hydrogen) atoms. The molecule has 0 bridgehead atoms. The van der Waals surface area contributed by atoms with Crippen LogP contribution in [-0.4, -0.2) is 55.8 Å². The largest absolute Gasteiger partial charge is 0.491 e. The molecule has 0 aromatic heterocycles. The summed E-state index contributed by atoms with van der Waals surface area (Å²) in [6.45, 7) is 6.52. The van der Waals surface area contributed by atoms with Crippen LogP contribution in [0.4, 0.5) is 0 Å². The highest BCUT2D eigenvalue weighted by atomic mass is 16.5. The van der Waals surface area contributed by atoms with Gasteiger partial charge in [-0.1, -0.05) is 6.92 Å². The van der Waals surface area contributed by atoms with Crippen molar-refractivity contribution in [3.05, 3.63) is 29.8 Å².